The lowest BCUT2D eigenvalue weighted by atomic mass is 10.1. The summed E-state index contributed by atoms with van der Waals surface area (Å²) in [5.74, 6) is -0.479. The van der Waals surface area contributed by atoms with Gasteiger partial charge in [0.2, 0.25) is 0 Å². The molecule has 2 rings (SSSR count). The molecule has 2 aromatic carbocycles. The van der Waals surface area contributed by atoms with Gasteiger partial charge in [-0.2, -0.15) is 5.26 Å². The summed E-state index contributed by atoms with van der Waals surface area (Å²) in [5, 5.41) is 17.9. The summed E-state index contributed by atoms with van der Waals surface area (Å²) in [6.07, 6.45) is 0. The van der Waals surface area contributed by atoms with Gasteiger partial charge in [0.15, 0.2) is 0 Å². The van der Waals surface area contributed by atoms with E-state index < -0.39 is 5.97 Å². The zero-order valence-electron chi connectivity index (χ0n) is 10.0. The van der Waals surface area contributed by atoms with E-state index in [1.807, 2.05) is 6.07 Å². The van der Waals surface area contributed by atoms with Crippen LogP contribution in [-0.4, -0.2) is 11.1 Å². The number of carbonyl (C=O) groups is 1. The lowest BCUT2D eigenvalue weighted by Crippen LogP contribution is -2.04. The van der Waals surface area contributed by atoms with Crippen molar-refractivity contribution in [3.8, 4) is 11.8 Å². The van der Waals surface area contributed by atoms with Crippen molar-refractivity contribution >= 4 is 5.97 Å². The number of phenolic OH excluding ortho intramolecular Hbond substituents is 1. The number of phenols is 1. The molecule has 0 bridgehead atoms. The molecule has 0 saturated carbocycles. The van der Waals surface area contributed by atoms with Gasteiger partial charge in [-0.25, -0.2) is 4.79 Å². The van der Waals surface area contributed by atoms with Gasteiger partial charge in [0, 0.05) is 0 Å². The summed E-state index contributed by atoms with van der Waals surface area (Å²) in [6, 6.07) is 14.8. The van der Waals surface area contributed by atoms with Crippen molar-refractivity contribution < 1.29 is 14.6 Å². The van der Waals surface area contributed by atoms with Crippen molar-refractivity contribution in [2.45, 2.75) is 6.61 Å². The first-order chi connectivity index (χ1) is 9.19. The van der Waals surface area contributed by atoms with E-state index in [9.17, 15) is 9.90 Å². The Kier molecular flexibility index (Phi) is 3.79. The quantitative estimate of drug-likeness (QED) is 0.853. The molecule has 0 spiro atoms. The molecular formula is C15H11NO3. The van der Waals surface area contributed by atoms with Crippen molar-refractivity contribution in [1.29, 1.82) is 5.26 Å². The van der Waals surface area contributed by atoms with Gasteiger partial charge in [0.25, 0.3) is 0 Å². The first-order valence-electron chi connectivity index (χ1n) is 5.64. The molecule has 4 heteroatoms. The molecule has 0 aliphatic carbocycles. The van der Waals surface area contributed by atoms with Crippen LogP contribution in [-0.2, 0) is 11.3 Å². The standard InChI is InChI=1S/C15H11NO3/c16-9-11-4-6-12(7-5-11)10-19-15(18)13-2-1-3-14(17)8-13/h1-8,17H,10H2. The maximum absolute atomic E-state index is 11.7. The van der Waals surface area contributed by atoms with Crippen LogP contribution in [0.2, 0.25) is 0 Å². The number of aromatic hydroxyl groups is 1. The predicted octanol–water partition coefficient (Wildman–Crippen LogP) is 2.62. The lowest BCUT2D eigenvalue weighted by Gasteiger charge is -2.05. The highest BCUT2D eigenvalue weighted by molar-refractivity contribution is 5.89. The first kappa shape index (κ1) is 12.7. The third-order valence-corrected chi connectivity index (χ3v) is 2.53. The van der Waals surface area contributed by atoms with Crippen molar-refractivity contribution in [1.82, 2.24) is 0 Å². The van der Waals surface area contributed by atoms with Gasteiger partial charge in [-0.1, -0.05) is 18.2 Å². The number of nitriles is 1. The van der Waals surface area contributed by atoms with Crippen molar-refractivity contribution in [3.63, 3.8) is 0 Å². The smallest absolute Gasteiger partial charge is 0.338 e. The number of esters is 1. The van der Waals surface area contributed by atoms with Crippen LogP contribution >= 0.6 is 0 Å². The summed E-state index contributed by atoms with van der Waals surface area (Å²) in [4.78, 5) is 11.7. The predicted molar refractivity (Wildman–Crippen MR) is 68.4 cm³/mol. The number of benzene rings is 2. The molecular weight excluding hydrogens is 242 g/mol. The lowest BCUT2D eigenvalue weighted by molar-refractivity contribution is 0.0472. The molecule has 2 aromatic rings. The Morgan fingerprint density at radius 1 is 1.21 bits per heavy atom. The van der Waals surface area contributed by atoms with E-state index in [1.54, 1.807) is 36.4 Å². The van der Waals surface area contributed by atoms with Crippen LogP contribution in [0.3, 0.4) is 0 Å². The van der Waals surface area contributed by atoms with Crippen LogP contribution < -0.4 is 0 Å². The molecule has 4 nitrogen and oxygen atoms in total. The van der Waals surface area contributed by atoms with Crippen molar-refractivity contribution in [3.05, 3.63) is 65.2 Å². The second kappa shape index (κ2) is 5.69. The minimum atomic E-state index is -0.500. The van der Waals surface area contributed by atoms with E-state index in [1.165, 1.54) is 12.1 Å². The SMILES string of the molecule is N#Cc1ccc(COC(=O)c2cccc(O)c2)cc1. The van der Waals surface area contributed by atoms with Crippen LogP contribution in [0.15, 0.2) is 48.5 Å². The van der Waals surface area contributed by atoms with Crippen LogP contribution in [0.4, 0.5) is 0 Å². The Balaban J connectivity index is 1.98. The highest BCUT2D eigenvalue weighted by Crippen LogP contribution is 2.13. The Morgan fingerprint density at radius 3 is 2.58 bits per heavy atom. The largest absolute Gasteiger partial charge is 0.508 e. The van der Waals surface area contributed by atoms with Crippen LogP contribution in [0.1, 0.15) is 21.5 Å². The molecule has 0 unspecified atom stereocenters. The van der Waals surface area contributed by atoms with Gasteiger partial charge >= 0.3 is 5.97 Å². The van der Waals surface area contributed by atoms with Crippen molar-refractivity contribution in [2.24, 2.45) is 0 Å². The molecule has 0 fully saturated rings. The highest BCUT2D eigenvalue weighted by Gasteiger charge is 2.07. The maximum Gasteiger partial charge on any atom is 0.338 e. The van der Waals surface area contributed by atoms with Gasteiger partial charge in [-0.05, 0) is 35.9 Å². The molecule has 19 heavy (non-hydrogen) atoms. The van der Waals surface area contributed by atoms with E-state index in [4.69, 9.17) is 10.00 Å². The van der Waals surface area contributed by atoms with Gasteiger partial charge in [0.05, 0.1) is 17.2 Å². The summed E-state index contributed by atoms with van der Waals surface area (Å²) < 4.78 is 5.11. The topological polar surface area (TPSA) is 70.3 Å². The molecule has 0 saturated heterocycles. The highest BCUT2D eigenvalue weighted by atomic mass is 16.5. The zero-order chi connectivity index (χ0) is 13.7. The monoisotopic (exact) mass is 253 g/mol. The van der Waals surface area contributed by atoms with Crippen molar-refractivity contribution in [2.75, 3.05) is 0 Å². The van der Waals surface area contributed by atoms with Gasteiger partial charge < -0.3 is 9.84 Å². The summed E-state index contributed by atoms with van der Waals surface area (Å²) in [5.41, 5.74) is 1.66. The molecule has 0 aliphatic heterocycles. The molecule has 1 N–H and O–H groups in total. The van der Waals surface area contributed by atoms with Crippen LogP contribution in [0.5, 0.6) is 5.75 Å². The fourth-order valence-corrected chi connectivity index (χ4v) is 1.54. The molecule has 0 aromatic heterocycles. The zero-order valence-corrected chi connectivity index (χ0v) is 10.0. The maximum atomic E-state index is 11.7. The Labute approximate surface area is 110 Å². The van der Waals surface area contributed by atoms with E-state index in [2.05, 4.69) is 0 Å². The average Bonchev–Trinajstić information content (AvgIpc) is 2.45. The first-order valence-corrected chi connectivity index (χ1v) is 5.64. The van der Waals surface area contributed by atoms with Gasteiger partial charge in [-0.3, -0.25) is 0 Å². The summed E-state index contributed by atoms with van der Waals surface area (Å²) >= 11 is 0. The van der Waals surface area contributed by atoms with E-state index in [0.29, 0.717) is 11.1 Å². The summed E-state index contributed by atoms with van der Waals surface area (Å²) in [6.45, 7) is 0.125. The van der Waals surface area contributed by atoms with Crippen LogP contribution in [0, 0.1) is 11.3 Å². The molecule has 0 heterocycles. The minimum absolute atomic E-state index is 0.0211. The minimum Gasteiger partial charge on any atom is -0.508 e. The van der Waals surface area contributed by atoms with E-state index in [0.717, 1.165) is 5.56 Å². The number of ether oxygens (including phenoxy) is 1. The Hall–Kier alpha value is -2.80. The second-order valence-electron chi connectivity index (χ2n) is 3.94. The normalized spacial score (nSPS) is 9.63. The third kappa shape index (κ3) is 3.33. The number of rotatable bonds is 3. The second-order valence-corrected chi connectivity index (χ2v) is 3.94. The number of hydrogen-bond donors (Lipinski definition) is 1. The number of hydrogen-bond acceptors (Lipinski definition) is 4. The van der Waals surface area contributed by atoms with Crippen LogP contribution in [0.25, 0.3) is 0 Å². The molecule has 0 atom stereocenters. The fraction of sp³-hybridized carbons (Fsp3) is 0.0667. The molecule has 0 radical (unpaired) electrons. The van der Waals surface area contributed by atoms with Gasteiger partial charge in [-0.15, -0.1) is 0 Å². The summed E-state index contributed by atoms with van der Waals surface area (Å²) in [7, 11) is 0. The van der Waals surface area contributed by atoms with Gasteiger partial charge in [0.1, 0.15) is 12.4 Å². The molecule has 0 aliphatic rings. The molecule has 94 valence electrons. The van der Waals surface area contributed by atoms with E-state index >= 15 is 0 Å². The third-order valence-electron chi connectivity index (χ3n) is 2.53. The molecule has 0 amide bonds. The Morgan fingerprint density at radius 2 is 1.95 bits per heavy atom. The number of carbonyl (C=O) groups excluding carboxylic acids is 1. The number of nitrogens with zero attached hydrogens (tertiary/aromatic N) is 1. The van der Waals surface area contributed by atoms with E-state index in [-0.39, 0.29) is 12.4 Å². The fourth-order valence-electron chi connectivity index (χ4n) is 1.54. The Bertz CT molecular complexity index is 627. The average molecular weight is 253 g/mol.